The van der Waals surface area contributed by atoms with Crippen LogP contribution in [0.2, 0.25) is 0 Å². The Morgan fingerprint density at radius 1 is 0.793 bits per heavy atom. The number of hydrogen-bond donors (Lipinski definition) is 3. The van der Waals surface area contributed by atoms with E-state index in [2.05, 4.69) is 64.1 Å². The Morgan fingerprint density at radius 3 is 1.98 bits per heavy atom. The van der Waals surface area contributed by atoms with Crippen molar-refractivity contribution in [2.45, 2.75) is 39.0 Å². The van der Waals surface area contributed by atoms with Crippen molar-refractivity contribution in [1.29, 1.82) is 0 Å². The summed E-state index contributed by atoms with van der Waals surface area (Å²) in [7, 11) is 5.26. The molecular weight excluding hydrogens is 771 g/mol. The summed E-state index contributed by atoms with van der Waals surface area (Å²) in [4.78, 5) is 46.2. The van der Waals surface area contributed by atoms with Gasteiger partial charge < -0.3 is 34.9 Å². The molecule has 0 spiro atoms. The van der Waals surface area contributed by atoms with Crippen LogP contribution in [0, 0.1) is 0 Å². The zero-order valence-electron chi connectivity index (χ0n) is 32.1. The Bertz CT molecular complexity index is 2820. The molecule has 0 saturated heterocycles. The number of aliphatic imine (C=N–C) groups is 2. The van der Waals surface area contributed by atoms with Gasteiger partial charge in [0.1, 0.15) is 51.1 Å². The van der Waals surface area contributed by atoms with Crippen molar-refractivity contribution in [3.63, 3.8) is 0 Å². The number of anilines is 4. The number of rotatable bonds is 7. The molecule has 4 aliphatic rings. The van der Waals surface area contributed by atoms with Crippen molar-refractivity contribution < 1.29 is 14.3 Å². The number of amides is 1. The Kier molecular flexibility index (Phi) is 9.30. The van der Waals surface area contributed by atoms with E-state index in [0.717, 1.165) is 109 Å². The molecule has 0 aliphatic carbocycles. The van der Waals surface area contributed by atoms with E-state index in [9.17, 15) is 4.79 Å². The quantitative estimate of drug-likeness (QED) is 0.154. The second-order valence-corrected chi connectivity index (χ2v) is 16.6. The van der Waals surface area contributed by atoms with Gasteiger partial charge in [-0.05, 0) is 89.2 Å². The van der Waals surface area contributed by atoms with Gasteiger partial charge in [0, 0.05) is 48.5 Å². The van der Waals surface area contributed by atoms with E-state index in [1.54, 1.807) is 49.5 Å². The highest BCUT2D eigenvalue weighted by molar-refractivity contribution is 7.19. The van der Waals surface area contributed by atoms with Crippen LogP contribution in [0.1, 0.15) is 53.6 Å². The van der Waals surface area contributed by atoms with Gasteiger partial charge >= 0.3 is 0 Å². The monoisotopic (exact) mass is 809 g/mol. The van der Waals surface area contributed by atoms with Gasteiger partial charge in [-0.25, -0.2) is 19.9 Å². The predicted octanol–water partition coefficient (Wildman–Crippen LogP) is 6.93. The van der Waals surface area contributed by atoms with Gasteiger partial charge in [-0.15, -0.1) is 22.7 Å². The van der Waals surface area contributed by atoms with E-state index in [1.807, 2.05) is 53.3 Å². The second-order valence-electron chi connectivity index (χ2n) is 14.4. The molecule has 2 aromatic carbocycles. The summed E-state index contributed by atoms with van der Waals surface area (Å²) in [5.41, 5.74) is 9.60. The molecule has 9 heterocycles. The van der Waals surface area contributed by atoms with Crippen LogP contribution in [0.3, 0.4) is 0 Å². The fraction of sp³-hybridized carbons (Fsp3) is 0.262. The van der Waals surface area contributed by atoms with Gasteiger partial charge in [0.2, 0.25) is 0 Å². The highest BCUT2D eigenvalue weighted by Crippen LogP contribution is 2.41. The molecule has 58 heavy (non-hydrogen) atoms. The van der Waals surface area contributed by atoms with Gasteiger partial charge in [-0.2, -0.15) is 0 Å². The summed E-state index contributed by atoms with van der Waals surface area (Å²) in [6.45, 7) is 4.54. The first kappa shape index (κ1) is 36.1. The minimum absolute atomic E-state index is 0.0552. The SMILES string of the molecule is COc1cc2c(cc1Nc1ncnc3sc4c(c13)CCN(C(=O)c1cccn1C)C4)C=NC2.COc1cc2c(cc1Nc1ncnc3sc4c(c13)CCNC4)C=NC2. The number of aromatic nitrogens is 5. The predicted molar refractivity (Wildman–Crippen MR) is 229 cm³/mol. The zero-order chi connectivity index (χ0) is 39.3. The number of fused-ring (bicyclic) bond motifs is 8. The molecule has 7 aromatic rings. The minimum Gasteiger partial charge on any atom is -0.495 e. The molecule has 11 rings (SSSR count). The maximum atomic E-state index is 13.0. The van der Waals surface area contributed by atoms with Crippen LogP contribution < -0.4 is 25.4 Å². The number of hydrogen-bond acceptors (Lipinski definition) is 14. The Hall–Kier alpha value is -6.23. The van der Waals surface area contributed by atoms with Crippen LogP contribution in [-0.4, -0.2) is 75.0 Å². The van der Waals surface area contributed by atoms with Crippen molar-refractivity contribution in [3.05, 3.63) is 104 Å². The van der Waals surface area contributed by atoms with E-state index >= 15 is 0 Å². The first-order chi connectivity index (χ1) is 28.4. The summed E-state index contributed by atoms with van der Waals surface area (Å²) in [5, 5.41) is 12.6. The molecule has 1 amide bonds. The molecule has 0 atom stereocenters. The van der Waals surface area contributed by atoms with E-state index in [1.165, 1.54) is 21.6 Å². The van der Waals surface area contributed by atoms with Crippen LogP contribution in [0.4, 0.5) is 23.0 Å². The zero-order valence-corrected chi connectivity index (χ0v) is 33.8. The third-order valence-electron chi connectivity index (χ3n) is 11.0. The topological polar surface area (TPSA) is 156 Å². The first-order valence-electron chi connectivity index (χ1n) is 19.0. The average Bonchev–Trinajstić information content (AvgIpc) is 4.10. The van der Waals surface area contributed by atoms with E-state index in [4.69, 9.17) is 9.47 Å². The fourth-order valence-corrected chi connectivity index (χ4v) is 10.4. The number of methoxy groups -OCH3 is 2. The van der Waals surface area contributed by atoms with Gasteiger partial charge in [0.15, 0.2) is 0 Å². The van der Waals surface area contributed by atoms with Crippen molar-refractivity contribution >= 4 is 84.5 Å². The lowest BCUT2D eigenvalue weighted by atomic mass is 10.0. The van der Waals surface area contributed by atoms with E-state index in [0.29, 0.717) is 25.3 Å². The lowest BCUT2D eigenvalue weighted by molar-refractivity contribution is 0.0727. The number of carbonyl (C=O) groups is 1. The standard InChI is InChI=1S/C24H22N6O2S.C18H17N5OS/c1-29-6-3-4-18(29)24(31)30-7-5-16-20(12-30)33-23-21(16)22(26-13-27-23)28-17-8-14-10-25-11-15(14)9-19(17)32-2;1-24-14-5-11-7-20-6-10(11)4-13(14)23-17-16-12-2-3-19-8-15(12)25-18(16)22-9-21-17/h3-4,6,8-10,13H,5,7,11-12H2,1-2H3,(H,26,27,28);4-6,9,19H,2-3,7-8H2,1H3,(H,21,22,23). The Labute approximate surface area is 341 Å². The van der Waals surface area contributed by atoms with Crippen LogP contribution in [0.5, 0.6) is 11.5 Å². The van der Waals surface area contributed by atoms with Crippen molar-refractivity contribution in [1.82, 2.24) is 34.7 Å². The Balaban J connectivity index is 0.000000146. The highest BCUT2D eigenvalue weighted by Gasteiger charge is 2.28. The molecule has 0 radical (unpaired) electrons. The van der Waals surface area contributed by atoms with E-state index < -0.39 is 0 Å². The number of thiophene rings is 2. The van der Waals surface area contributed by atoms with Crippen molar-refractivity contribution in [2.24, 2.45) is 17.0 Å². The normalized spacial score (nSPS) is 14.8. The lowest BCUT2D eigenvalue weighted by Gasteiger charge is -2.27. The van der Waals surface area contributed by atoms with Gasteiger partial charge in [0.25, 0.3) is 5.91 Å². The van der Waals surface area contributed by atoms with Crippen molar-refractivity contribution in [3.8, 4) is 11.5 Å². The van der Waals surface area contributed by atoms with Crippen molar-refractivity contribution in [2.75, 3.05) is 37.9 Å². The number of nitrogens with zero attached hydrogens (tertiary/aromatic N) is 8. The molecule has 292 valence electrons. The van der Waals surface area contributed by atoms with Crippen LogP contribution in [0.25, 0.3) is 20.4 Å². The second kappa shape index (κ2) is 14.9. The summed E-state index contributed by atoms with van der Waals surface area (Å²) in [5.74, 6) is 3.22. The summed E-state index contributed by atoms with van der Waals surface area (Å²) >= 11 is 3.38. The lowest BCUT2D eigenvalue weighted by Crippen LogP contribution is -2.36. The molecule has 14 nitrogen and oxygen atoms in total. The summed E-state index contributed by atoms with van der Waals surface area (Å²) in [6.07, 6.45) is 10.7. The Morgan fingerprint density at radius 2 is 1.40 bits per heavy atom. The molecule has 5 aromatic heterocycles. The molecule has 0 fully saturated rings. The van der Waals surface area contributed by atoms with Crippen LogP contribution in [-0.2, 0) is 46.1 Å². The van der Waals surface area contributed by atoms with Gasteiger partial charge in [0.05, 0.1) is 56.0 Å². The number of carbonyl (C=O) groups excluding carboxylic acids is 1. The summed E-state index contributed by atoms with van der Waals surface area (Å²) in [6, 6.07) is 12.0. The maximum absolute atomic E-state index is 13.0. The molecule has 0 bridgehead atoms. The third kappa shape index (κ3) is 6.42. The highest BCUT2D eigenvalue weighted by atomic mass is 32.1. The third-order valence-corrected chi connectivity index (χ3v) is 13.3. The van der Waals surface area contributed by atoms with Gasteiger partial charge in [-0.3, -0.25) is 14.8 Å². The van der Waals surface area contributed by atoms with E-state index in [-0.39, 0.29) is 5.91 Å². The molecule has 3 N–H and O–H groups in total. The molecular formula is C42H39N11O3S2. The molecule has 0 saturated carbocycles. The number of aryl methyl sites for hydroxylation is 1. The fourth-order valence-electron chi connectivity index (χ4n) is 8.06. The molecule has 4 aliphatic heterocycles. The smallest absolute Gasteiger partial charge is 0.270 e. The number of benzene rings is 2. The van der Waals surface area contributed by atoms with Crippen LogP contribution in [0.15, 0.2) is 65.2 Å². The largest absolute Gasteiger partial charge is 0.495 e. The molecule has 0 unspecified atom stereocenters. The number of ether oxygens (including phenoxy) is 2. The first-order valence-corrected chi connectivity index (χ1v) is 20.7. The average molecular weight is 810 g/mol. The minimum atomic E-state index is 0.0552. The summed E-state index contributed by atoms with van der Waals surface area (Å²) < 4.78 is 13.1. The number of nitrogens with one attached hydrogen (secondary N) is 3. The van der Waals surface area contributed by atoms with Crippen LogP contribution >= 0.6 is 22.7 Å². The van der Waals surface area contributed by atoms with Gasteiger partial charge in [-0.1, -0.05) is 0 Å². The molecule has 16 heteroatoms. The maximum Gasteiger partial charge on any atom is 0.270 e.